The monoisotopic (exact) mass is 551 g/mol. The molecular formula is C25H25BrF3N3O3. The van der Waals surface area contributed by atoms with E-state index >= 15 is 0 Å². The van der Waals surface area contributed by atoms with Crippen molar-refractivity contribution >= 4 is 21.9 Å². The number of hydrogen-bond acceptors (Lipinski definition) is 5. The lowest BCUT2D eigenvalue weighted by Crippen LogP contribution is -2.17. The van der Waals surface area contributed by atoms with Gasteiger partial charge in [-0.25, -0.2) is 0 Å². The number of hydrogen-bond donors (Lipinski definition) is 2. The lowest BCUT2D eigenvalue weighted by atomic mass is 9.81. The third-order valence-electron chi connectivity index (χ3n) is 6.22. The number of carboxylic acid groups (broad SMARTS) is 1. The molecule has 1 heterocycles. The number of nitrogens with one attached hydrogen (secondary N) is 1. The topological polar surface area (TPSA) is 88.2 Å². The average Bonchev–Trinajstić information content (AvgIpc) is 3.32. The Morgan fingerprint density at radius 2 is 1.86 bits per heavy atom. The molecule has 0 bridgehead atoms. The fourth-order valence-corrected chi connectivity index (χ4v) is 4.93. The molecule has 0 saturated heterocycles. The maximum atomic E-state index is 13.9. The Labute approximate surface area is 209 Å². The van der Waals surface area contributed by atoms with Crippen molar-refractivity contribution < 1.29 is 27.6 Å². The van der Waals surface area contributed by atoms with Crippen molar-refractivity contribution in [3.05, 3.63) is 57.6 Å². The molecule has 2 aromatic carbocycles. The van der Waals surface area contributed by atoms with E-state index in [1.165, 1.54) is 0 Å². The molecule has 4 rings (SSSR count). The Balaban J connectivity index is 1.54. The molecule has 1 fully saturated rings. The van der Waals surface area contributed by atoms with Crippen molar-refractivity contribution in [1.82, 2.24) is 15.5 Å². The van der Waals surface area contributed by atoms with Crippen LogP contribution in [-0.2, 0) is 17.5 Å². The number of aliphatic carboxylic acids is 1. The number of carbonyl (C=O) groups is 1. The van der Waals surface area contributed by atoms with Crippen LogP contribution in [0.15, 0.2) is 45.4 Å². The number of rotatable bonds is 8. The number of alkyl halides is 3. The number of aromatic nitrogens is 2. The molecule has 0 spiro atoms. The highest BCUT2D eigenvalue weighted by Gasteiger charge is 2.36. The van der Waals surface area contributed by atoms with Crippen LogP contribution in [0.3, 0.4) is 0 Å². The summed E-state index contributed by atoms with van der Waals surface area (Å²) in [6, 6.07) is 9.70. The first-order valence-corrected chi connectivity index (χ1v) is 12.3. The highest BCUT2D eigenvalue weighted by atomic mass is 79.9. The van der Waals surface area contributed by atoms with Crippen molar-refractivity contribution in [3.8, 4) is 22.8 Å². The van der Waals surface area contributed by atoms with Gasteiger partial charge < -0.3 is 14.9 Å². The second kappa shape index (κ2) is 10.9. The standard InChI is InChI=1S/C25H25BrF3N3O3/c26-21-13-16(6-7-18(21)14-30-11-10-22(33)34)23-31-24(35-32-23)17-8-9-19(15-4-2-1-3-5-15)20(12-17)25(27,28)29/h6-9,12-13,15,30H,1-5,10-11,14H2,(H,33,34). The molecule has 1 aromatic heterocycles. The fraction of sp³-hybridized carbons (Fsp3) is 0.400. The fourth-order valence-electron chi connectivity index (χ4n) is 4.41. The summed E-state index contributed by atoms with van der Waals surface area (Å²) < 4.78 is 47.8. The Kier molecular flexibility index (Phi) is 7.91. The van der Waals surface area contributed by atoms with Gasteiger partial charge in [0, 0.05) is 28.7 Å². The van der Waals surface area contributed by atoms with E-state index < -0.39 is 17.7 Å². The largest absolute Gasteiger partial charge is 0.481 e. The predicted molar refractivity (Wildman–Crippen MR) is 128 cm³/mol. The van der Waals surface area contributed by atoms with Crippen LogP contribution in [-0.4, -0.2) is 27.8 Å². The Morgan fingerprint density at radius 1 is 1.11 bits per heavy atom. The second-order valence-corrected chi connectivity index (χ2v) is 9.54. The van der Waals surface area contributed by atoms with Crippen LogP contribution < -0.4 is 5.32 Å². The van der Waals surface area contributed by atoms with E-state index in [1.807, 2.05) is 6.07 Å². The summed E-state index contributed by atoms with van der Waals surface area (Å²) >= 11 is 3.49. The molecule has 6 nitrogen and oxygen atoms in total. The number of benzene rings is 2. The molecule has 35 heavy (non-hydrogen) atoms. The van der Waals surface area contributed by atoms with Crippen molar-refractivity contribution in [2.45, 2.75) is 57.2 Å². The van der Waals surface area contributed by atoms with E-state index in [4.69, 9.17) is 9.63 Å². The summed E-state index contributed by atoms with van der Waals surface area (Å²) in [7, 11) is 0. The molecule has 1 aliphatic carbocycles. The third kappa shape index (κ3) is 6.29. The molecule has 0 amide bonds. The number of nitrogens with zero attached hydrogens (tertiary/aromatic N) is 2. The van der Waals surface area contributed by atoms with E-state index in [2.05, 4.69) is 31.4 Å². The van der Waals surface area contributed by atoms with E-state index in [9.17, 15) is 18.0 Å². The lowest BCUT2D eigenvalue weighted by molar-refractivity contribution is -0.138. The number of carboxylic acids is 1. The molecule has 1 saturated carbocycles. The predicted octanol–water partition coefficient (Wildman–Crippen LogP) is 6.80. The van der Waals surface area contributed by atoms with E-state index in [0.717, 1.165) is 48.2 Å². The van der Waals surface area contributed by atoms with Crippen molar-refractivity contribution in [3.63, 3.8) is 0 Å². The van der Waals surface area contributed by atoms with Crippen LogP contribution in [0.2, 0.25) is 0 Å². The SMILES string of the molecule is O=C(O)CCNCc1ccc(-c2noc(-c3ccc(C4CCCCC4)c(C(F)(F)F)c3)n2)cc1Br. The quantitative estimate of drug-likeness (QED) is 0.299. The van der Waals surface area contributed by atoms with Gasteiger partial charge in [-0.15, -0.1) is 0 Å². The van der Waals surface area contributed by atoms with Crippen molar-refractivity contribution in [1.29, 1.82) is 0 Å². The van der Waals surface area contributed by atoms with Crippen molar-refractivity contribution in [2.75, 3.05) is 6.54 Å². The average molecular weight is 552 g/mol. The van der Waals surface area contributed by atoms with Crippen LogP contribution in [0.5, 0.6) is 0 Å². The molecule has 0 atom stereocenters. The summed E-state index contributed by atoms with van der Waals surface area (Å²) in [5.41, 5.74) is 1.49. The minimum absolute atomic E-state index is 0.0243. The van der Waals surface area contributed by atoms with Crippen LogP contribution in [0, 0.1) is 0 Å². The molecule has 2 N–H and O–H groups in total. The summed E-state index contributed by atoms with van der Waals surface area (Å²) in [6.07, 6.45) is 0.0655. The van der Waals surface area contributed by atoms with E-state index in [-0.39, 0.29) is 29.6 Å². The Hall–Kier alpha value is -2.72. The molecule has 1 aliphatic rings. The van der Waals surface area contributed by atoms with Gasteiger partial charge in [0.05, 0.1) is 12.0 Å². The summed E-state index contributed by atoms with van der Waals surface area (Å²) in [6.45, 7) is 0.816. The molecular weight excluding hydrogens is 527 g/mol. The van der Waals surface area contributed by atoms with Crippen molar-refractivity contribution in [2.24, 2.45) is 0 Å². The lowest BCUT2D eigenvalue weighted by Gasteiger charge is -2.25. The van der Waals surface area contributed by atoms with Gasteiger partial charge in [0.2, 0.25) is 5.82 Å². The normalized spacial score (nSPS) is 14.9. The number of halogens is 4. The Morgan fingerprint density at radius 3 is 2.54 bits per heavy atom. The molecule has 10 heteroatoms. The molecule has 3 aromatic rings. The van der Waals surface area contributed by atoms with Gasteiger partial charge in [0.15, 0.2) is 0 Å². The minimum atomic E-state index is -4.47. The highest BCUT2D eigenvalue weighted by molar-refractivity contribution is 9.10. The molecule has 0 radical (unpaired) electrons. The van der Waals surface area contributed by atoms with Gasteiger partial charge in [-0.2, -0.15) is 18.2 Å². The molecule has 0 aliphatic heterocycles. The van der Waals surface area contributed by atoms with Gasteiger partial charge >= 0.3 is 12.1 Å². The van der Waals surface area contributed by atoms with Gasteiger partial charge in [-0.1, -0.05) is 58.5 Å². The Bertz CT molecular complexity index is 1190. The summed E-state index contributed by atoms with van der Waals surface area (Å²) in [5.74, 6) is -0.666. The third-order valence-corrected chi connectivity index (χ3v) is 6.96. The zero-order valence-corrected chi connectivity index (χ0v) is 20.5. The van der Waals surface area contributed by atoms with Gasteiger partial charge in [-0.3, -0.25) is 4.79 Å². The maximum absolute atomic E-state index is 13.9. The van der Waals surface area contributed by atoms with E-state index in [1.54, 1.807) is 24.3 Å². The second-order valence-electron chi connectivity index (χ2n) is 8.68. The maximum Gasteiger partial charge on any atom is 0.416 e. The van der Waals surface area contributed by atoms with Gasteiger partial charge in [0.25, 0.3) is 5.89 Å². The zero-order chi connectivity index (χ0) is 25.0. The minimum Gasteiger partial charge on any atom is -0.481 e. The van der Waals surface area contributed by atoms with Crippen LogP contribution in [0.25, 0.3) is 22.8 Å². The molecule has 0 unspecified atom stereocenters. The van der Waals surface area contributed by atoms with E-state index in [0.29, 0.717) is 24.2 Å². The first-order chi connectivity index (χ1) is 16.7. The molecule has 186 valence electrons. The van der Waals surface area contributed by atoms with Gasteiger partial charge in [0.1, 0.15) is 0 Å². The van der Waals surface area contributed by atoms with Crippen LogP contribution in [0.1, 0.15) is 61.1 Å². The summed E-state index contributed by atoms with van der Waals surface area (Å²) in [4.78, 5) is 14.9. The smallest absolute Gasteiger partial charge is 0.416 e. The van der Waals surface area contributed by atoms with Gasteiger partial charge in [-0.05, 0) is 48.1 Å². The highest BCUT2D eigenvalue weighted by Crippen LogP contribution is 2.42. The van der Waals surface area contributed by atoms with Crippen LogP contribution >= 0.6 is 15.9 Å². The first kappa shape index (κ1) is 25.4. The summed E-state index contributed by atoms with van der Waals surface area (Å²) in [5, 5.41) is 15.7. The zero-order valence-electron chi connectivity index (χ0n) is 18.9. The van der Waals surface area contributed by atoms with Crippen LogP contribution in [0.4, 0.5) is 13.2 Å². The first-order valence-electron chi connectivity index (χ1n) is 11.5.